The number of carbonyl (C=O) groups excluding carboxylic acids is 2. The number of nitrogens with one attached hydrogen (secondary N) is 1. The maximum Gasteiger partial charge on any atom is 0.319 e. The van der Waals surface area contributed by atoms with E-state index in [2.05, 4.69) is 18.0 Å². The van der Waals surface area contributed by atoms with Crippen molar-refractivity contribution in [2.45, 2.75) is 77.2 Å². The van der Waals surface area contributed by atoms with Gasteiger partial charge in [0.15, 0.2) is 5.78 Å². The van der Waals surface area contributed by atoms with Crippen LogP contribution in [0.15, 0.2) is 59.3 Å². The molecule has 0 unspecified atom stereocenters. The number of hydrogen-bond acceptors (Lipinski definition) is 6. The molecule has 1 aromatic heterocycles. The van der Waals surface area contributed by atoms with Crippen molar-refractivity contribution in [3.63, 3.8) is 0 Å². The van der Waals surface area contributed by atoms with Crippen molar-refractivity contribution in [1.29, 1.82) is 0 Å². The van der Waals surface area contributed by atoms with Gasteiger partial charge in [-0.25, -0.2) is 0 Å². The molecule has 5 aliphatic rings. The summed E-state index contributed by atoms with van der Waals surface area (Å²) >= 11 is 0. The summed E-state index contributed by atoms with van der Waals surface area (Å²) in [6.07, 6.45) is 7.61. The highest BCUT2D eigenvalue weighted by molar-refractivity contribution is 6.11. The molecule has 0 radical (unpaired) electrons. The Kier molecular flexibility index (Phi) is 6.23. The number of hydrogen-bond donors (Lipinski definition) is 3. The topological polar surface area (TPSA) is 112 Å². The van der Waals surface area contributed by atoms with E-state index in [9.17, 15) is 19.8 Å². The monoisotopic (exact) mass is 530 g/mol. The zero-order valence-corrected chi connectivity index (χ0v) is 23.1. The average molecular weight is 531 g/mol. The minimum Gasteiger partial charge on any atom is -0.456 e. The number of H-pyrrole nitrogens is 1. The van der Waals surface area contributed by atoms with Crippen molar-refractivity contribution < 1.29 is 24.5 Å². The third-order valence-electron chi connectivity index (χ3n) is 10.1. The Balaban J connectivity index is 1.48. The first-order valence-electron chi connectivity index (χ1n) is 14.2. The lowest BCUT2D eigenvalue weighted by atomic mass is 9.46. The summed E-state index contributed by atoms with van der Waals surface area (Å²) in [6.45, 7) is 7.69. The summed E-state index contributed by atoms with van der Waals surface area (Å²) in [5.41, 5.74) is 1.21. The first kappa shape index (κ1) is 26.2. The maximum absolute atomic E-state index is 14.1. The van der Waals surface area contributed by atoms with Crippen LogP contribution in [0.4, 0.5) is 0 Å². The molecule has 2 aliphatic carbocycles. The number of esters is 1. The lowest BCUT2D eigenvalue weighted by Gasteiger charge is -2.62. The fourth-order valence-corrected chi connectivity index (χ4v) is 8.00. The number of benzene rings is 1. The third-order valence-corrected chi connectivity index (χ3v) is 10.1. The normalized spacial score (nSPS) is 42.5. The zero-order valence-electron chi connectivity index (χ0n) is 23.1. The molecule has 2 aromatic rings. The molecule has 2 saturated heterocycles. The van der Waals surface area contributed by atoms with Crippen molar-refractivity contribution in [3.8, 4) is 0 Å². The number of aromatic amines is 1. The predicted molar refractivity (Wildman–Crippen MR) is 149 cm³/mol. The molecule has 1 spiro atoms. The van der Waals surface area contributed by atoms with Gasteiger partial charge in [0.2, 0.25) is 0 Å². The van der Waals surface area contributed by atoms with E-state index in [1.54, 1.807) is 6.92 Å². The van der Waals surface area contributed by atoms with Gasteiger partial charge in [0.05, 0.1) is 6.04 Å². The molecule has 1 saturated carbocycles. The summed E-state index contributed by atoms with van der Waals surface area (Å²) < 4.78 is 6.08. The van der Waals surface area contributed by atoms with Crippen molar-refractivity contribution in [1.82, 2.24) is 4.98 Å². The third kappa shape index (κ3) is 3.73. The second kappa shape index (κ2) is 9.27. The molecule has 1 aromatic carbocycles. The minimum absolute atomic E-state index is 0.0668. The first-order valence-corrected chi connectivity index (χ1v) is 14.2. The van der Waals surface area contributed by atoms with Crippen molar-refractivity contribution in [3.05, 3.63) is 59.8 Å². The van der Waals surface area contributed by atoms with Gasteiger partial charge in [0, 0.05) is 40.6 Å². The van der Waals surface area contributed by atoms with Crippen LogP contribution in [0, 0.1) is 29.1 Å². The number of nitrogens with zero attached hydrogens (tertiary/aromatic N) is 1. The fourth-order valence-electron chi connectivity index (χ4n) is 8.00. The van der Waals surface area contributed by atoms with Crippen LogP contribution in [0.25, 0.3) is 10.9 Å². The van der Waals surface area contributed by atoms with E-state index in [0.29, 0.717) is 24.1 Å². The van der Waals surface area contributed by atoms with Crippen LogP contribution in [0.2, 0.25) is 0 Å². The van der Waals surface area contributed by atoms with Gasteiger partial charge in [-0.1, -0.05) is 50.3 Å². The van der Waals surface area contributed by atoms with Gasteiger partial charge in [0.25, 0.3) is 0 Å². The number of allylic oxidation sites excluding steroid dienone is 2. The number of aliphatic hydroxyl groups excluding tert-OH is 2. The Morgan fingerprint density at radius 1 is 1.18 bits per heavy atom. The van der Waals surface area contributed by atoms with Gasteiger partial charge >= 0.3 is 5.97 Å². The zero-order chi connectivity index (χ0) is 27.7. The van der Waals surface area contributed by atoms with E-state index in [-0.39, 0.29) is 48.4 Å². The molecule has 9 atom stereocenters. The summed E-state index contributed by atoms with van der Waals surface area (Å²) in [5.74, 6) is -1.39. The Labute approximate surface area is 229 Å². The number of fused-ring (bicyclic) bond motifs is 2. The van der Waals surface area contributed by atoms with E-state index in [1.807, 2.05) is 56.5 Å². The summed E-state index contributed by atoms with van der Waals surface area (Å²) in [4.78, 5) is 35.6. The van der Waals surface area contributed by atoms with E-state index >= 15 is 0 Å². The van der Waals surface area contributed by atoms with Crippen LogP contribution >= 0.6 is 0 Å². The van der Waals surface area contributed by atoms with Gasteiger partial charge in [-0.05, 0) is 62.7 Å². The Morgan fingerprint density at radius 3 is 2.74 bits per heavy atom. The Morgan fingerprint density at radius 2 is 1.95 bits per heavy atom. The average Bonchev–Trinajstić information content (AvgIpc) is 3.46. The maximum atomic E-state index is 14.1. The number of rotatable bonds is 2. The molecular formula is C32H38N2O5. The fraction of sp³-hybridized carbons (Fsp3) is 0.531. The lowest BCUT2D eigenvalue weighted by Crippen LogP contribution is -2.75. The molecule has 7 rings (SSSR count). The number of carbonyl (C=O) groups is 2. The Hall–Kier alpha value is -3.03. The van der Waals surface area contributed by atoms with Gasteiger partial charge in [-0.15, -0.1) is 0 Å². The molecule has 7 heteroatoms. The van der Waals surface area contributed by atoms with Crippen LogP contribution in [0.3, 0.4) is 0 Å². The standard InChI is InChI=1S/C32H38N2O5/c1-17-8-7-10-22-29(37)31(4)19(3)27-24(15-20-16-33-23-11-6-5-9-21(20)23)34-26(32(22,27)30(38)39-31)13-12-25(35)28(36)18(2)14-17/h5-7,9-11,14,16-17,19,22,24-25,27,29,33,35,37H,8,12-13,15H2,1-4H3/b10-7+,18-14+/t17-,19-,22-,24-,25-,27-,29-,31+,32+/m0/s1. The summed E-state index contributed by atoms with van der Waals surface area (Å²) in [6, 6.07) is 7.95. The van der Waals surface area contributed by atoms with Crippen LogP contribution in [0.5, 0.6) is 0 Å². The molecule has 0 amide bonds. The lowest BCUT2D eigenvalue weighted by molar-refractivity contribution is -0.261. The van der Waals surface area contributed by atoms with Crippen molar-refractivity contribution >= 4 is 28.4 Å². The number of aliphatic hydroxyl groups is 2. The van der Waals surface area contributed by atoms with Crippen LogP contribution in [-0.4, -0.2) is 56.5 Å². The molecule has 3 N–H and O–H groups in total. The number of ether oxygens (including phenoxy) is 1. The van der Waals surface area contributed by atoms with Crippen molar-refractivity contribution in [2.24, 2.45) is 34.1 Å². The number of ketones is 1. The van der Waals surface area contributed by atoms with E-state index in [4.69, 9.17) is 9.73 Å². The van der Waals surface area contributed by atoms with Crippen LogP contribution < -0.4 is 0 Å². The molecule has 7 nitrogen and oxygen atoms in total. The molecule has 3 aliphatic heterocycles. The highest BCUT2D eigenvalue weighted by Crippen LogP contribution is 2.64. The number of Topliss-reactive ketones (excluding diaryl/α,β-unsaturated/α-hetero) is 1. The van der Waals surface area contributed by atoms with Crippen molar-refractivity contribution in [2.75, 3.05) is 0 Å². The Bertz CT molecular complexity index is 1420. The molecule has 4 heterocycles. The smallest absolute Gasteiger partial charge is 0.319 e. The molecule has 3 fully saturated rings. The summed E-state index contributed by atoms with van der Waals surface area (Å²) in [5, 5.41) is 23.7. The van der Waals surface area contributed by atoms with E-state index < -0.39 is 29.1 Å². The number of para-hydroxylation sites is 1. The van der Waals surface area contributed by atoms with Crippen LogP contribution in [0.1, 0.15) is 52.5 Å². The van der Waals surface area contributed by atoms with Gasteiger partial charge in [-0.2, -0.15) is 0 Å². The molecule has 206 valence electrons. The van der Waals surface area contributed by atoms with E-state index in [1.165, 1.54) is 0 Å². The first-order chi connectivity index (χ1) is 18.6. The van der Waals surface area contributed by atoms with Gasteiger partial charge in [-0.3, -0.25) is 14.6 Å². The van der Waals surface area contributed by atoms with Crippen LogP contribution in [-0.2, 0) is 20.7 Å². The predicted octanol–water partition coefficient (Wildman–Crippen LogP) is 4.33. The second-order valence-corrected chi connectivity index (χ2v) is 12.3. The quantitative estimate of drug-likeness (QED) is 0.395. The summed E-state index contributed by atoms with van der Waals surface area (Å²) in [7, 11) is 0. The van der Waals surface area contributed by atoms with Gasteiger partial charge in [0.1, 0.15) is 23.2 Å². The number of aliphatic imine (C=N–C) groups is 1. The van der Waals surface area contributed by atoms with Gasteiger partial charge < -0.3 is 19.9 Å². The molecular weight excluding hydrogens is 492 g/mol. The highest BCUT2D eigenvalue weighted by Gasteiger charge is 2.76. The highest BCUT2D eigenvalue weighted by atomic mass is 16.6. The van der Waals surface area contributed by atoms with E-state index in [0.717, 1.165) is 16.5 Å². The largest absolute Gasteiger partial charge is 0.456 e. The second-order valence-electron chi connectivity index (χ2n) is 12.3. The molecule has 2 bridgehead atoms. The molecule has 39 heavy (non-hydrogen) atoms. The SMILES string of the molecule is C/C1=C\[C@@H](C)C/C=C/[C@H]2[C@H](O)[C@]3(C)OC(=O)[C@@]24C(=N[C@@H](Cc2c[nH]c5ccccc25)[C@@H]4[C@@H]3C)CC[C@H](O)C1=O. The number of aromatic nitrogens is 1. The minimum atomic E-state index is -1.18.